The Bertz CT molecular complexity index is 1060. The molecule has 150 valence electrons. The summed E-state index contributed by atoms with van der Waals surface area (Å²) < 4.78 is 13.6. The number of anilines is 1. The monoisotopic (exact) mass is 391 g/mol. The average Bonchev–Trinajstić information content (AvgIpc) is 3.32. The Morgan fingerprint density at radius 1 is 1.10 bits per heavy atom. The quantitative estimate of drug-likeness (QED) is 0.656. The summed E-state index contributed by atoms with van der Waals surface area (Å²) in [5.41, 5.74) is 3.02. The molecule has 5 rings (SSSR count). The molecule has 0 saturated carbocycles. The summed E-state index contributed by atoms with van der Waals surface area (Å²) >= 11 is 0. The standard InChI is InChI=1S/C23H25N3O3/c1-2-3-10-25-19-7-5-4-6-18(19)24-23(25)16-13-22(27)26(15-16)17-8-9-20-21(14-17)29-12-11-28-20/h4-9,14,16H,2-3,10-13,15H2,1H3. The smallest absolute Gasteiger partial charge is 0.227 e. The third-order valence-electron chi connectivity index (χ3n) is 5.75. The van der Waals surface area contributed by atoms with Crippen molar-refractivity contribution in [3.8, 4) is 11.5 Å². The van der Waals surface area contributed by atoms with Crippen molar-refractivity contribution in [2.75, 3.05) is 24.7 Å². The number of rotatable bonds is 5. The largest absolute Gasteiger partial charge is 0.486 e. The first-order valence-corrected chi connectivity index (χ1v) is 10.4. The molecule has 0 radical (unpaired) electrons. The van der Waals surface area contributed by atoms with Crippen LogP contribution in [0.3, 0.4) is 0 Å². The van der Waals surface area contributed by atoms with Crippen molar-refractivity contribution in [2.45, 2.75) is 38.6 Å². The van der Waals surface area contributed by atoms with Gasteiger partial charge in [0, 0.05) is 37.2 Å². The van der Waals surface area contributed by atoms with Crippen LogP contribution in [-0.4, -0.2) is 35.2 Å². The lowest BCUT2D eigenvalue weighted by atomic mass is 10.1. The molecule has 1 unspecified atom stereocenters. The van der Waals surface area contributed by atoms with Gasteiger partial charge in [-0.25, -0.2) is 4.98 Å². The summed E-state index contributed by atoms with van der Waals surface area (Å²) in [6, 6.07) is 14.0. The highest BCUT2D eigenvalue weighted by Crippen LogP contribution is 2.38. The van der Waals surface area contributed by atoms with Crippen molar-refractivity contribution in [1.82, 2.24) is 9.55 Å². The molecular weight excluding hydrogens is 366 g/mol. The Kier molecular flexibility index (Phi) is 4.62. The zero-order valence-corrected chi connectivity index (χ0v) is 16.6. The van der Waals surface area contributed by atoms with Gasteiger partial charge in [-0.3, -0.25) is 4.79 Å². The van der Waals surface area contributed by atoms with E-state index in [1.807, 2.05) is 29.2 Å². The van der Waals surface area contributed by atoms with Gasteiger partial charge in [-0.1, -0.05) is 25.5 Å². The SMILES string of the molecule is CCCCn1c(C2CC(=O)N(c3ccc4c(c3)OCCO4)C2)nc2ccccc21. The number of carbonyl (C=O) groups is 1. The fourth-order valence-electron chi connectivity index (χ4n) is 4.29. The molecule has 1 amide bonds. The van der Waals surface area contributed by atoms with Crippen LogP contribution in [0.5, 0.6) is 11.5 Å². The molecule has 6 nitrogen and oxygen atoms in total. The molecule has 2 aliphatic rings. The molecular formula is C23H25N3O3. The number of carbonyl (C=O) groups excluding carboxylic acids is 1. The lowest BCUT2D eigenvalue weighted by molar-refractivity contribution is -0.117. The fourth-order valence-corrected chi connectivity index (χ4v) is 4.29. The summed E-state index contributed by atoms with van der Waals surface area (Å²) in [6.07, 6.45) is 2.70. The number of amides is 1. The number of imidazole rings is 1. The number of fused-ring (bicyclic) bond motifs is 2. The lowest BCUT2D eigenvalue weighted by Gasteiger charge is -2.22. The minimum absolute atomic E-state index is 0.0833. The highest BCUT2D eigenvalue weighted by atomic mass is 16.6. The molecule has 1 aromatic heterocycles. The maximum atomic E-state index is 12.9. The molecule has 3 aromatic rings. The Morgan fingerprint density at radius 3 is 2.79 bits per heavy atom. The van der Waals surface area contributed by atoms with Crippen LogP contribution in [-0.2, 0) is 11.3 Å². The maximum Gasteiger partial charge on any atom is 0.227 e. The first-order chi connectivity index (χ1) is 14.2. The minimum atomic E-state index is 0.0833. The summed E-state index contributed by atoms with van der Waals surface area (Å²) in [6.45, 7) is 4.86. The number of aromatic nitrogens is 2. The normalized spacial score (nSPS) is 18.6. The van der Waals surface area contributed by atoms with Gasteiger partial charge in [0.15, 0.2) is 11.5 Å². The summed E-state index contributed by atoms with van der Waals surface area (Å²) in [4.78, 5) is 19.7. The number of unbranched alkanes of at least 4 members (excludes halogenated alkanes) is 1. The third-order valence-corrected chi connectivity index (χ3v) is 5.75. The zero-order chi connectivity index (χ0) is 19.8. The van der Waals surface area contributed by atoms with Crippen molar-refractivity contribution in [1.29, 1.82) is 0 Å². The zero-order valence-electron chi connectivity index (χ0n) is 16.6. The Labute approximate surface area is 170 Å². The summed E-state index contributed by atoms with van der Waals surface area (Å²) in [7, 11) is 0. The van der Waals surface area contributed by atoms with E-state index in [9.17, 15) is 4.79 Å². The number of aryl methyl sites for hydroxylation is 1. The van der Waals surface area contributed by atoms with Crippen LogP contribution in [0.4, 0.5) is 5.69 Å². The first kappa shape index (κ1) is 18.0. The number of hydrogen-bond acceptors (Lipinski definition) is 4. The van der Waals surface area contributed by atoms with Crippen molar-refractivity contribution in [3.05, 3.63) is 48.3 Å². The van der Waals surface area contributed by atoms with Crippen LogP contribution in [0.25, 0.3) is 11.0 Å². The number of nitrogens with zero attached hydrogens (tertiary/aromatic N) is 3. The first-order valence-electron chi connectivity index (χ1n) is 10.4. The molecule has 6 heteroatoms. The highest BCUT2D eigenvalue weighted by Gasteiger charge is 2.35. The van der Waals surface area contributed by atoms with Gasteiger partial charge in [0.1, 0.15) is 19.0 Å². The molecule has 0 spiro atoms. The topological polar surface area (TPSA) is 56.6 Å². The molecule has 0 bridgehead atoms. The molecule has 2 aliphatic heterocycles. The molecule has 1 fully saturated rings. The van der Waals surface area contributed by atoms with E-state index in [4.69, 9.17) is 14.5 Å². The van der Waals surface area contributed by atoms with Gasteiger partial charge in [0.25, 0.3) is 0 Å². The van der Waals surface area contributed by atoms with Gasteiger partial charge < -0.3 is 18.9 Å². The molecule has 1 atom stereocenters. The van der Waals surface area contributed by atoms with E-state index in [1.54, 1.807) is 0 Å². The van der Waals surface area contributed by atoms with E-state index in [0.717, 1.165) is 47.7 Å². The van der Waals surface area contributed by atoms with Crippen molar-refractivity contribution < 1.29 is 14.3 Å². The van der Waals surface area contributed by atoms with Gasteiger partial charge in [-0.15, -0.1) is 0 Å². The van der Waals surface area contributed by atoms with Gasteiger partial charge in [-0.05, 0) is 30.7 Å². The van der Waals surface area contributed by atoms with Gasteiger partial charge >= 0.3 is 0 Å². The van der Waals surface area contributed by atoms with E-state index in [0.29, 0.717) is 31.9 Å². The van der Waals surface area contributed by atoms with Crippen LogP contribution >= 0.6 is 0 Å². The predicted octanol–water partition coefficient (Wildman–Crippen LogP) is 4.13. The highest BCUT2D eigenvalue weighted by molar-refractivity contribution is 5.96. The molecule has 3 heterocycles. The second-order valence-corrected chi connectivity index (χ2v) is 7.70. The lowest BCUT2D eigenvalue weighted by Crippen LogP contribution is -2.25. The number of hydrogen-bond donors (Lipinski definition) is 0. The maximum absolute atomic E-state index is 12.9. The molecule has 1 saturated heterocycles. The van der Waals surface area contributed by atoms with Crippen molar-refractivity contribution >= 4 is 22.6 Å². The average molecular weight is 391 g/mol. The van der Waals surface area contributed by atoms with E-state index >= 15 is 0 Å². The number of benzene rings is 2. The van der Waals surface area contributed by atoms with E-state index < -0.39 is 0 Å². The Morgan fingerprint density at radius 2 is 1.93 bits per heavy atom. The van der Waals surface area contributed by atoms with Crippen molar-refractivity contribution in [3.63, 3.8) is 0 Å². The van der Waals surface area contributed by atoms with E-state index in [1.165, 1.54) is 0 Å². The van der Waals surface area contributed by atoms with Crippen LogP contribution in [0, 0.1) is 0 Å². The van der Waals surface area contributed by atoms with Crippen LogP contribution in [0.2, 0.25) is 0 Å². The minimum Gasteiger partial charge on any atom is -0.486 e. The number of ether oxygens (including phenoxy) is 2. The second kappa shape index (κ2) is 7.43. The van der Waals surface area contributed by atoms with Crippen LogP contribution in [0.15, 0.2) is 42.5 Å². The molecule has 29 heavy (non-hydrogen) atoms. The van der Waals surface area contributed by atoms with E-state index in [2.05, 4.69) is 29.7 Å². The summed E-state index contributed by atoms with van der Waals surface area (Å²) in [5, 5.41) is 0. The van der Waals surface area contributed by atoms with Crippen LogP contribution in [0.1, 0.15) is 37.9 Å². The fraction of sp³-hybridized carbons (Fsp3) is 0.391. The third kappa shape index (κ3) is 3.22. The predicted molar refractivity (Wildman–Crippen MR) is 112 cm³/mol. The Balaban J connectivity index is 1.46. The van der Waals surface area contributed by atoms with Crippen LogP contribution < -0.4 is 14.4 Å². The second-order valence-electron chi connectivity index (χ2n) is 7.70. The van der Waals surface area contributed by atoms with Crippen molar-refractivity contribution in [2.24, 2.45) is 0 Å². The van der Waals surface area contributed by atoms with E-state index in [-0.39, 0.29) is 11.8 Å². The molecule has 0 N–H and O–H groups in total. The Hall–Kier alpha value is -3.02. The number of para-hydroxylation sites is 2. The molecule has 2 aromatic carbocycles. The van der Waals surface area contributed by atoms with Gasteiger partial charge in [-0.2, -0.15) is 0 Å². The van der Waals surface area contributed by atoms with Gasteiger partial charge in [0.2, 0.25) is 5.91 Å². The molecule has 0 aliphatic carbocycles. The van der Waals surface area contributed by atoms with Gasteiger partial charge in [0.05, 0.1) is 11.0 Å². The summed E-state index contributed by atoms with van der Waals surface area (Å²) in [5.74, 6) is 2.68.